The molecule has 14 heteroatoms. The lowest BCUT2D eigenvalue weighted by Crippen LogP contribution is -2.59. The van der Waals surface area contributed by atoms with Gasteiger partial charge in [0.2, 0.25) is 12.0 Å². The fourth-order valence-electron chi connectivity index (χ4n) is 3.01. The Morgan fingerprint density at radius 1 is 0.765 bits per heavy atom. The molecule has 1 saturated heterocycles. The predicted octanol–water partition coefficient (Wildman–Crippen LogP) is -1.61. The van der Waals surface area contributed by atoms with E-state index in [1.165, 1.54) is 0 Å². The number of carbonyl (C=O) groups is 2. The van der Waals surface area contributed by atoms with Crippen LogP contribution in [0.2, 0.25) is 0 Å². The molecule has 0 spiro atoms. The molecule has 1 aliphatic rings. The van der Waals surface area contributed by atoms with Gasteiger partial charge in [0.15, 0.2) is 28.7 Å². The molecule has 184 valence electrons. The third-order valence-corrected chi connectivity index (χ3v) is 4.87. The van der Waals surface area contributed by atoms with E-state index in [1.54, 1.807) is 0 Å². The molecule has 0 saturated carbocycles. The van der Waals surface area contributed by atoms with E-state index in [0.717, 1.165) is 24.3 Å². The lowest BCUT2D eigenvalue weighted by Gasteiger charge is -2.39. The van der Waals surface area contributed by atoms with Crippen LogP contribution in [-0.2, 0) is 9.47 Å². The average Bonchev–Trinajstić information content (AvgIpc) is 2.80. The summed E-state index contributed by atoms with van der Waals surface area (Å²) in [4.78, 5) is 24.8. The standard InChI is InChI=1S/C20H20O14/c21-5-12-15(27)16(28)17(29)20(33-12)34-19(31)7-3-10(24)14(26)11(4-7)32-18(30)6-1-8(22)13(25)9(23)2-6/h1-4,12,15-17,20-29H,5H2/t12-,15-,16+,17-,20+/m1/s1. The van der Waals surface area contributed by atoms with Crippen molar-refractivity contribution in [2.75, 3.05) is 6.61 Å². The van der Waals surface area contributed by atoms with E-state index in [-0.39, 0.29) is 0 Å². The number of phenols is 5. The number of aromatic hydroxyl groups is 5. The zero-order valence-electron chi connectivity index (χ0n) is 17.0. The number of carbonyl (C=O) groups excluding carboxylic acids is 2. The smallest absolute Gasteiger partial charge is 0.343 e. The molecular formula is C20H20O14. The van der Waals surface area contributed by atoms with E-state index < -0.39 is 94.9 Å². The van der Waals surface area contributed by atoms with Crippen molar-refractivity contribution in [2.24, 2.45) is 0 Å². The van der Waals surface area contributed by atoms with Gasteiger partial charge in [-0.15, -0.1) is 0 Å². The summed E-state index contributed by atoms with van der Waals surface area (Å²) in [5.41, 5.74) is -0.993. The van der Waals surface area contributed by atoms with E-state index in [2.05, 4.69) is 0 Å². The molecule has 2 aromatic carbocycles. The summed E-state index contributed by atoms with van der Waals surface area (Å²) in [6.07, 6.45) is -8.63. The molecule has 14 nitrogen and oxygen atoms in total. The van der Waals surface area contributed by atoms with Crippen LogP contribution in [0.5, 0.6) is 34.5 Å². The second-order valence-corrected chi connectivity index (χ2v) is 7.20. The highest BCUT2D eigenvalue weighted by atomic mass is 16.7. The molecule has 1 fully saturated rings. The van der Waals surface area contributed by atoms with Gasteiger partial charge in [0, 0.05) is 0 Å². The van der Waals surface area contributed by atoms with Gasteiger partial charge in [0.1, 0.15) is 24.4 Å². The van der Waals surface area contributed by atoms with Gasteiger partial charge < -0.3 is 60.2 Å². The average molecular weight is 484 g/mol. The van der Waals surface area contributed by atoms with Crippen molar-refractivity contribution in [2.45, 2.75) is 30.7 Å². The van der Waals surface area contributed by atoms with Gasteiger partial charge in [0.05, 0.1) is 17.7 Å². The van der Waals surface area contributed by atoms with E-state index in [9.17, 15) is 55.5 Å². The number of esters is 2. The first-order chi connectivity index (χ1) is 15.9. The molecule has 0 aromatic heterocycles. The zero-order valence-corrected chi connectivity index (χ0v) is 17.0. The first-order valence-corrected chi connectivity index (χ1v) is 9.49. The Labute approximate surface area is 189 Å². The molecule has 0 bridgehead atoms. The first kappa shape index (κ1) is 24.8. The predicted molar refractivity (Wildman–Crippen MR) is 105 cm³/mol. The first-order valence-electron chi connectivity index (χ1n) is 9.49. The summed E-state index contributed by atoms with van der Waals surface area (Å²) < 4.78 is 14.8. The maximum atomic E-state index is 12.5. The summed E-state index contributed by atoms with van der Waals surface area (Å²) >= 11 is 0. The van der Waals surface area contributed by atoms with Crippen molar-refractivity contribution in [3.63, 3.8) is 0 Å². The maximum Gasteiger partial charge on any atom is 0.343 e. The fourth-order valence-corrected chi connectivity index (χ4v) is 3.01. The highest BCUT2D eigenvalue weighted by Gasteiger charge is 2.45. The Morgan fingerprint density at radius 2 is 1.29 bits per heavy atom. The van der Waals surface area contributed by atoms with Crippen molar-refractivity contribution >= 4 is 11.9 Å². The fraction of sp³-hybridized carbons (Fsp3) is 0.300. The Bertz CT molecular complexity index is 1070. The Morgan fingerprint density at radius 3 is 1.85 bits per heavy atom. The lowest BCUT2D eigenvalue weighted by atomic mass is 9.99. The summed E-state index contributed by atoms with van der Waals surface area (Å²) in [5.74, 6) is -7.82. The summed E-state index contributed by atoms with van der Waals surface area (Å²) in [6, 6.07) is 2.97. The van der Waals surface area contributed by atoms with E-state index in [0.29, 0.717) is 0 Å². The normalized spacial score (nSPS) is 24.4. The van der Waals surface area contributed by atoms with Crippen molar-refractivity contribution in [3.8, 4) is 34.5 Å². The SMILES string of the molecule is O=C(Oc1cc(C(=O)O[C@@H]2O[C@H](CO)[C@@H](O)[C@H](O)[C@H]2O)cc(O)c1O)c1cc(O)c(O)c(O)c1. The van der Waals surface area contributed by atoms with Crippen LogP contribution < -0.4 is 4.74 Å². The number of rotatable bonds is 5. The summed E-state index contributed by atoms with van der Waals surface area (Å²) in [7, 11) is 0. The van der Waals surface area contributed by atoms with E-state index >= 15 is 0 Å². The monoisotopic (exact) mass is 484 g/mol. The molecule has 0 unspecified atom stereocenters. The number of aliphatic hydroxyl groups is 4. The quantitative estimate of drug-likeness (QED) is 0.132. The van der Waals surface area contributed by atoms with Crippen LogP contribution >= 0.6 is 0 Å². The van der Waals surface area contributed by atoms with Crippen LogP contribution in [0.4, 0.5) is 0 Å². The van der Waals surface area contributed by atoms with Gasteiger partial charge in [-0.25, -0.2) is 9.59 Å². The molecule has 3 rings (SSSR count). The lowest BCUT2D eigenvalue weighted by molar-refractivity contribution is -0.285. The molecule has 0 amide bonds. The van der Waals surface area contributed by atoms with Gasteiger partial charge in [-0.05, 0) is 24.3 Å². The van der Waals surface area contributed by atoms with Crippen LogP contribution in [-0.4, -0.2) is 95.2 Å². The van der Waals surface area contributed by atoms with Gasteiger partial charge >= 0.3 is 11.9 Å². The highest BCUT2D eigenvalue weighted by molar-refractivity contribution is 5.94. The number of phenolic OH excluding ortho intramolecular Hbond substituents is 5. The van der Waals surface area contributed by atoms with Crippen molar-refractivity contribution in [3.05, 3.63) is 35.4 Å². The zero-order chi connectivity index (χ0) is 25.3. The number of hydrogen-bond acceptors (Lipinski definition) is 14. The van der Waals surface area contributed by atoms with Gasteiger partial charge in [-0.3, -0.25) is 0 Å². The minimum atomic E-state index is -1.90. The molecule has 2 aromatic rings. The van der Waals surface area contributed by atoms with Gasteiger partial charge in [0.25, 0.3) is 0 Å². The molecule has 1 heterocycles. The van der Waals surface area contributed by atoms with Crippen LogP contribution in [0, 0.1) is 0 Å². The van der Waals surface area contributed by atoms with Gasteiger partial charge in [-0.2, -0.15) is 0 Å². The van der Waals surface area contributed by atoms with E-state index in [4.69, 9.17) is 14.2 Å². The molecule has 5 atom stereocenters. The topological polar surface area (TPSA) is 244 Å². The molecule has 0 radical (unpaired) electrons. The number of benzene rings is 2. The molecular weight excluding hydrogens is 464 g/mol. The molecule has 1 aliphatic heterocycles. The van der Waals surface area contributed by atoms with Crippen molar-refractivity contribution in [1.29, 1.82) is 0 Å². The Balaban J connectivity index is 1.82. The van der Waals surface area contributed by atoms with Crippen molar-refractivity contribution in [1.82, 2.24) is 0 Å². The summed E-state index contributed by atoms with van der Waals surface area (Å²) in [5, 5.41) is 87.0. The van der Waals surface area contributed by atoms with Gasteiger partial charge in [-0.1, -0.05) is 0 Å². The third-order valence-electron chi connectivity index (χ3n) is 4.87. The van der Waals surface area contributed by atoms with Crippen LogP contribution in [0.25, 0.3) is 0 Å². The summed E-state index contributed by atoms with van der Waals surface area (Å²) in [6.45, 7) is -0.776. The molecule has 34 heavy (non-hydrogen) atoms. The Kier molecular flexibility index (Phi) is 6.99. The molecule has 0 aliphatic carbocycles. The Hall–Kier alpha value is -3.82. The van der Waals surface area contributed by atoms with Crippen LogP contribution in [0.1, 0.15) is 20.7 Å². The minimum absolute atomic E-state index is 0.471. The second kappa shape index (κ2) is 9.58. The van der Waals surface area contributed by atoms with Crippen LogP contribution in [0.15, 0.2) is 24.3 Å². The minimum Gasteiger partial charge on any atom is -0.504 e. The number of hydrogen-bond donors (Lipinski definition) is 9. The second-order valence-electron chi connectivity index (χ2n) is 7.20. The van der Waals surface area contributed by atoms with Crippen LogP contribution in [0.3, 0.4) is 0 Å². The number of aliphatic hydroxyl groups excluding tert-OH is 4. The molecule has 9 N–H and O–H groups in total. The largest absolute Gasteiger partial charge is 0.504 e. The maximum absolute atomic E-state index is 12.5. The highest BCUT2D eigenvalue weighted by Crippen LogP contribution is 2.39. The third kappa shape index (κ3) is 4.75. The van der Waals surface area contributed by atoms with Crippen molar-refractivity contribution < 1.29 is 69.8 Å². The number of ether oxygens (including phenoxy) is 3. The van der Waals surface area contributed by atoms with E-state index in [1.807, 2.05) is 0 Å².